The number of hydrogen-bond acceptors (Lipinski definition) is 3. The molecule has 4 heteroatoms. The molecule has 1 aliphatic rings. The quantitative estimate of drug-likeness (QED) is 0.882. The van der Waals surface area contributed by atoms with Crippen LogP contribution in [-0.2, 0) is 4.79 Å². The lowest BCUT2D eigenvalue weighted by Gasteiger charge is -2.36. The molecular weight excluding hydrogens is 238 g/mol. The number of hydrogen-bond donors (Lipinski definition) is 1. The standard InChI is InChI=1S/C15H19N3O/c1-15(9-3-4-10-17-15)14(19)18(2)13-7-5-12(11-16)6-8-13/h5-8,17H,3-4,9-10H2,1-2H3. The number of nitrogens with one attached hydrogen (secondary N) is 1. The molecule has 0 aromatic heterocycles. The van der Waals surface area contributed by atoms with Crippen LogP contribution in [0.2, 0.25) is 0 Å². The first-order valence-corrected chi connectivity index (χ1v) is 6.60. The van der Waals surface area contributed by atoms with Crippen LogP contribution >= 0.6 is 0 Å². The molecule has 100 valence electrons. The van der Waals surface area contributed by atoms with Gasteiger partial charge in [-0.25, -0.2) is 0 Å². The number of amides is 1. The third-order valence-electron chi connectivity index (χ3n) is 3.78. The van der Waals surface area contributed by atoms with Crippen molar-refractivity contribution < 1.29 is 4.79 Å². The van der Waals surface area contributed by atoms with Gasteiger partial charge in [0.05, 0.1) is 17.2 Å². The smallest absolute Gasteiger partial charge is 0.246 e. The molecule has 1 aromatic rings. The molecule has 0 bridgehead atoms. The van der Waals surface area contributed by atoms with E-state index < -0.39 is 5.54 Å². The summed E-state index contributed by atoms with van der Waals surface area (Å²) in [7, 11) is 1.78. The summed E-state index contributed by atoms with van der Waals surface area (Å²) in [5.74, 6) is 0.0805. The largest absolute Gasteiger partial charge is 0.314 e. The number of carbonyl (C=O) groups is 1. The number of likely N-dealkylation sites (N-methyl/N-ethyl adjacent to an activating group) is 1. The Morgan fingerprint density at radius 2 is 2.05 bits per heavy atom. The third-order valence-corrected chi connectivity index (χ3v) is 3.78. The Balaban J connectivity index is 2.16. The van der Waals surface area contributed by atoms with Crippen molar-refractivity contribution in [3.63, 3.8) is 0 Å². The van der Waals surface area contributed by atoms with Gasteiger partial charge in [-0.3, -0.25) is 4.79 Å². The van der Waals surface area contributed by atoms with E-state index in [9.17, 15) is 4.79 Å². The molecule has 0 radical (unpaired) electrons. The van der Waals surface area contributed by atoms with Crippen molar-refractivity contribution in [1.29, 1.82) is 5.26 Å². The maximum atomic E-state index is 12.6. The summed E-state index contributed by atoms with van der Waals surface area (Å²) in [6, 6.07) is 9.16. The molecule has 1 heterocycles. The molecule has 4 nitrogen and oxygen atoms in total. The van der Waals surface area contributed by atoms with Crippen LogP contribution in [0.3, 0.4) is 0 Å². The fourth-order valence-corrected chi connectivity index (χ4v) is 2.49. The first-order chi connectivity index (χ1) is 9.07. The summed E-state index contributed by atoms with van der Waals surface area (Å²) < 4.78 is 0. The van der Waals surface area contributed by atoms with Crippen LogP contribution in [0.15, 0.2) is 24.3 Å². The monoisotopic (exact) mass is 257 g/mol. The number of rotatable bonds is 2. The molecule has 1 aromatic carbocycles. The minimum atomic E-state index is -0.471. The Hall–Kier alpha value is -1.86. The molecular formula is C15H19N3O. The number of nitrogens with zero attached hydrogens (tertiary/aromatic N) is 2. The zero-order valence-electron chi connectivity index (χ0n) is 11.4. The summed E-state index contributed by atoms with van der Waals surface area (Å²) in [6.45, 7) is 2.86. The predicted molar refractivity (Wildman–Crippen MR) is 74.8 cm³/mol. The topological polar surface area (TPSA) is 56.1 Å². The van der Waals surface area contributed by atoms with E-state index in [1.165, 1.54) is 0 Å². The predicted octanol–water partition coefficient (Wildman–Crippen LogP) is 2.05. The van der Waals surface area contributed by atoms with Gasteiger partial charge in [0, 0.05) is 12.7 Å². The number of carbonyl (C=O) groups excluding carboxylic acids is 1. The fraction of sp³-hybridized carbons (Fsp3) is 0.467. The molecule has 0 spiro atoms. The number of piperidine rings is 1. The molecule has 1 fully saturated rings. The van der Waals surface area contributed by atoms with Gasteiger partial charge in [-0.15, -0.1) is 0 Å². The molecule has 1 N–H and O–H groups in total. The van der Waals surface area contributed by atoms with E-state index >= 15 is 0 Å². The Morgan fingerprint density at radius 3 is 2.58 bits per heavy atom. The van der Waals surface area contributed by atoms with Gasteiger partial charge in [0.15, 0.2) is 0 Å². The van der Waals surface area contributed by atoms with E-state index in [1.807, 2.05) is 19.1 Å². The second-order valence-electron chi connectivity index (χ2n) is 5.24. The number of nitriles is 1. The highest BCUT2D eigenvalue weighted by atomic mass is 16.2. The minimum Gasteiger partial charge on any atom is -0.314 e. The van der Waals surface area contributed by atoms with Crippen LogP contribution in [0.25, 0.3) is 0 Å². The minimum absolute atomic E-state index is 0.0805. The van der Waals surface area contributed by atoms with Crippen LogP contribution < -0.4 is 10.2 Å². The van der Waals surface area contributed by atoms with Gasteiger partial charge >= 0.3 is 0 Å². The molecule has 19 heavy (non-hydrogen) atoms. The van der Waals surface area contributed by atoms with E-state index in [1.54, 1.807) is 24.1 Å². The normalized spacial score (nSPS) is 22.6. The van der Waals surface area contributed by atoms with E-state index in [2.05, 4.69) is 11.4 Å². The Morgan fingerprint density at radius 1 is 1.37 bits per heavy atom. The molecule has 1 saturated heterocycles. The van der Waals surface area contributed by atoms with Gasteiger partial charge in [-0.1, -0.05) is 0 Å². The molecule has 2 rings (SSSR count). The van der Waals surface area contributed by atoms with Crippen molar-refractivity contribution in [3.8, 4) is 6.07 Å². The number of benzene rings is 1. The van der Waals surface area contributed by atoms with E-state index in [-0.39, 0.29) is 5.91 Å². The lowest BCUT2D eigenvalue weighted by atomic mass is 9.89. The van der Waals surface area contributed by atoms with Gasteiger partial charge in [0.1, 0.15) is 0 Å². The van der Waals surface area contributed by atoms with Gasteiger partial charge in [-0.05, 0) is 57.0 Å². The lowest BCUT2D eigenvalue weighted by molar-refractivity contribution is -0.124. The Labute approximate surface area is 114 Å². The SMILES string of the molecule is CN(C(=O)C1(C)CCCCN1)c1ccc(C#N)cc1. The van der Waals surface area contributed by atoms with Gasteiger partial charge in [-0.2, -0.15) is 5.26 Å². The molecule has 1 unspecified atom stereocenters. The van der Waals surface area contributed by atoms with Crippen molar-refractivity contribution in [2.45, 2.75) is 31.7 Å². The van der Waals surface area contributed by atoms with Crippen LogP contribution in [0.4, 0.5) is 5.69 Å². The highest BCUT2D eigenvalue weighted by molar-refractivity contribution is 5.99. The Bertz CT molecular complexity index is 495. The van der Waals surface area contributed by atoms with Crippen LogP contribution in [0.5, 0.6) is 0 Å². The number of anilines is 1. The van der Waals surface area contributed by atoms with Crippen molar-refractivity contribution in [2.24, 2.45) is 0 Å². The first-order valence-electron chi connectivity index (χ1n) is 6.60. The third kappa shape index (κ3) is 2.77. The van der Waals surface area contributed by atoms with Crippen molar-refractivity contribution >= 4 is 11.6 Å². The van der Waals surface area contributed by atoms with Gasteiger partial charge in [0.2, 0.25) is 5.91 Å². The van der Waals surface area contributed by atoms with Crippen molar-refractivity contribution in [1.82, 2.24) is 5.32 Å². The van der Waals surface area contributed by atoms with Gasteiger partial charge in [0.25, 0.3) is 0 Å². The maximum Gasteiger partial charge on any atom is 0.246 e. The highest BCUT2D eigenvalue weighted by Gasteiger charge is 2.36. The average Bonchev–Trinajstić information content (AvgIpc) is 2.46. The lowest BCUT2D eigenvalue weighted by Crippen LogP contribution is -2.57. The maximum absolute atomic E-state index is 12.6. The molecule has 1 aliphatic heterocycles. The van der Waals surface area contributed by atoms with Crippen molar-refractivity contribution in [3.05, 3.63) is 29.8 Å². The van der Waals surface area contributed by atoms with Gasteiger partial charge < -0.3 is 10.2 Å². The molecule has 1 amide bonds. The first kappa shape index (κ1) is 13.6. The average molecular weight is 257 g/mol. The van der Waals surface area contributed by atoms with E-state index in [0.717, 1.165) is 31.5 Å². The summed E-state index contributed by atoms with van der Waals surface area (Å²) >= 11 is 0. The second kappa shape index (κ2) is 5.41. The van der Waals surface area contributed by atoms with E-state index in [4.69, 9.17) is 5.26 Å². The zero-order valence-corrected chi connectivity index (χ0v) is 11.4. The highest BCUT2D eigenvalue weighted by Crippen LogP contribution is 2.24. The fourth-order valence-electron chi connectivity index (χ4n) is 2.49. The summed E-state index contributed by atoms with van der Waals surface area (Å²) in [5, 5.41) is 12.1. The van der Waals surface area contributed by atoms with Crippen LogP contribution in [0.1, 0.15) is 31.7 Å². The zero-order chi connectivity index (χ0) is 13.9. The van der Waals surface area contributed by atoms with Crippen LogP contribution in [-0.4, -0.2) is 25.0 Å². The summed E-state index contributed by atoms with van der Waals surface area (Å²) in [6.07, 6.45) is 3.08. The summed E-state index contributed by atoms with van der Waals surface area (Å²) in [5.41, 5.74) is 0.949. The van der Waals surface area contributed by atoms with E-state index in [0.29, 0.717) is 5.56 Å². The molecule has 1 atom stereocenters. The molecule has 0 saturated carbocycles. The Kier molecular flexibility index (Phi) is 3.87. The summed E-state index contributed by atoms with van der Waals surface area (Å²) in [4.78, 5) is 14.2. The van der Waals surface area contributed by atoms with Crippen molar-refractivity contribution in [2.75, 3.05) is 18.5 Å². The second-order valence-corrected chi connectivity index (χ2v) is 5.24. The molecule has 0 aliphatic carbocycles. The van der Waals surface area contributed by atoms with Crippen LogP contribution in [0, 0.1) is 11.3 Å².